The zero-order valence-corrected chi connectivity index (χ0v) is 11.3. The van der Waals surface area contributed by atoms with E-state index < -0.39 is 23.2 Å². The van der Waals surface area contributed by atoms with Gasteiger partial charge in [-0.25, -0.2) is 8.78 Å². The molecule has 0 aliphatic heterocycles. The second-order valence-electron chi connectivity index (χ2n) is 4.44. The van der Waals surface area contributed by atoms with Crippen molar-refractivity contribution in [1.82, 2.24) is 10.3 Å². The molecular weight excluding hydrogens is 278 g/mol. The molecule has 0 bridgehead atoms. The molecule has 1 aromatic carbocycles. The third-order valence-electron chi connectivity index (χ3n) is 3.04. The summed E-state index contributed by atoms with van der Waals surface area (Å²) in [7, 11) is 0. The second-order valence-corrected chi connectivity index (χ2v) is 4.44. The van der Waals surface area contributed by atoms with Crippen molar-refractivity contribution in [3.05, 3.63) is 58.9 Å². The molecule has 2 aromatic rings. The Balaban J connectivity index is 2.13. The fourth-order valence-electron chi connectivity index (χ4n) is 1.80. The Kier molecular flexibility index (Phi) is 4.44. The summed E-state index contributed by atoms with van der Waals surface area (Å²) >= 11 is 0. The number of nitrogens with zero attached hydrogens (tertiary/aromatic N) is 1. The number of carbonyl (C=O) groups excluding carboxylic acids is 1. The van der Waals surface area contributed by atoms with Crippen molar-refractivity contribution in [2.75, 3.05) is 5.43 Å². The maximum Gasteiger partial charge on any atom is 0.251 e. The summed E-state index contributed by atoms with van der Waals surface area (Å²) in [5.74, 6) is 2.55. The van der Waals surface area contributed by atoms with Crippen LogP contribution in [-0.4, -0.2) is 10.9 Å². The third-order valence-corrected chi connectivity index (χ3v) is 3.04. The molecule has 0 saturated heterocycles. The summed E-state index contributed by atoms with van der Waals surface area (Å²) in [5, 5.41) is 2.58. The molecule has 0 saturated carbocycles. The van der Waals surface area contributed by atoms with Gasteiger partial charge in [-0.3, -0.25) is 15.6 Å². The van der Waals surface area contributed by atoms with Crippen molar-refractivity contribution in [2.24, 2.45) is 5.84 Å². The third kappa shape index (κ3) is 3.32. The van der Waals surface area contributed by atoms with Crippen molar-refractivity contribution in [3.63, 3.8) is 0 Å². The molecule has 0 aliphatic carbocycles. The van der Waals surface area contributed by atoms with Gasteiger partial charge in [0.2, 0.25) is 0 Å². The Labute approximate surface area is 120 Å². The van der Waals surface area contributed by atoms with Gasteiger partial charge in [-0.15, -0.1) is 0 Å². The minimum atomic E-state index is -0.930. The molecule has 0 radical (unpaired) electrons. The molecule has 21 heavy (non-hydrogen) atoms. The molecule has 1 heterocycles. The number of aromatic nitrogens is 1. The molecule has 2 rings (SSSR count). The molecule has 0 unspecified atom stereocenters. The molecule has 5 nitrogen and oxygen atoms in total. The normalized spacial score (nSPS) is 10.3. The first kappa shape index (κ1) is 14.9. The number of hydrogen-bond donors (Lipinski definition) is 3. The van der Waals surface area contributed by atoms with E-state index >= 15 is 0 Å². The topological polar surface area (TPSA) is 80.0 Å². The Hall–Kier alpha value is -2.54. The summed E-state index contributed by atoms with van der Waals surface area (Å²) in [6.07, 6.45) is 3.27. The van der Waals surface area contributed by atoms with E-state index in [1.807, 2.05) is 18.4 Å². The first-order valence-corrected chi connectivity index (χ1v) is 6.16. The lowest BCUT2D eigenvalue weighted by atomic mass is 10.1. The molecular formula is C14H14F2N4O. The fraction of sp³-hybridized carbons (Fsp3) is 0.143. The molecule has 110 valence electrons. The van der Waals surface area contributed by atoms with E-state index in [9.17, 15) is 13.6 Å². The zero-order chi connectivity index (χ0) is 15.4. The summed E-state index contributed by atoms with van der Waals surface area (Å²) in [5.41, 5.74) is 3.10. The highest BCUT2D eigenvalue weighted by Crippen LogP contribution is 2.19. The highest BCUT2D eigenvalue weighted by molar-refractivity contribution is 5.94. The van der Waals surface area contributed by atoms with E-state index in [0.717, 1.165) is 23.3 Å². The number of aryl methyl sites for hydroxylation is 1. The largest absolute Gasteiger partial charge is 0.348 e. The first-order valence-electron chi connectivity index (χ1n) is 6.16. The number of benzene rings is 1. The lowest BCUT2D eigenvalue weighted by Gasteiger charge is -2.09. The van der Waals surface area contributed by atoms with Gasteiger partial charge in [0.25, 0.3) is 5.91 Å². The molecule has 1 aromatic heterocycles. The quantitative estimate of drug-likeness (QED) is 0.594. The number of anilines is 1. The predicted molar refractivity (Wildman–Crippen MR) is 74.3 cm³/mol. The Morgan fingerprint density at radius 1 is 1.33 bits per heavy atom. The number of pyridine rings is 1. The molecule has 0 spiro atoms. The van der Waals surface area contributed by atoms with Crippen molar-refractivity contribution in [1.29, 1.82) is 0 Å². The van der Waals surface area contributed by atoms with Gasteiger partial charge < -0.3 is 10.7 Å². The standard InChI is InChI=1S/C14H14F2N4O/c1-8-2-3-18-6-10(8)7-19-14(21)9-4-11(15)13(20-17)12(16)5-9/h2-6,20H,7,17H2,1H3,(H,19,21). The second kappa shape index (κ2) is 6.27. The number of amides is 1. The maximum atomic E-state index is 13.5. The van der Waals surface area contributed by atoms with Crippen LogP contribution < -0.4 is 16.6 Å². The van der Waals surface area contributed by atoms with Crippen LogP contribution in [0.15, 0.2) is 30.6 Å². The van der Waals surface area contributed by atoms with E-state index in [1.54, 1.807) is 12.4 Å². The molecule has 0 fully saturated rings. The summed E-state index contributed by atoms with van der Waals surface area (Å²) < 4.78 is 27.1. The van der Waals surface area contributed by atoms with Crippen molar-refractivity contribution < 1.29 is 13.6 Å². The Bertz CT molecular complexity index is 653. The molecule has 7 heteroatoms. The van der Waals surface area contributed by atoms with Crippen LogP contribution in [0.1, 0.15) is 21.5 Å². The van der Waals surface area contributed by atoms with Gasteiger partial charge in [-0.2, -0.15) is 0 Å². The predicted octanol–water partition coefficient (Wildman–Crippen LogP) is 1.88. The van der Waals surface area contributed by atoms with Gasteiger partial charge in [0.15, 0.2) is 11.6 Å². The highest BCUT2D eigenvalue weighted by Gasteiger charge is 2.14. The summed E-state index contributed by atoms with van der Waals surface area (Å²) in [4.78, 5) is 15.9. The molecule has 0 atom stereocenters. The number of nitrogen functional groups attached to an aromatic ring is 1. The van der Waals surface area contributed by atoms with E-state index in [0.29, 0.717) is 0 Å². The first-order chi connectivity index (χ1) is 10.0. The van der Waals surface area contributed by atoms with Gasteiger partial charge >= 0.3 is 0 Å². The Morgan fingerprint density at radius 3 is 2.57 bits per heavy atom. The van der Waals surface area contributed by atoms with Crippen LogP contribution in [0, 0.1) is 18.6 Å². The maximum absolute atomic E-state index is 13.5. The van der Waals surface area contributed by atoms with Crippen LogP contribution in [0.4, 0.5) is 14.5 Å². The highest BCUT2D eigenvalue weighted by atomic mass is 19.1. The van der Waals surface area contributed by atoms with E-state index in [2.05, 4.69) is 10.3 Å². The van der Waals surface area contributed by atoms with Crippen molar-refractivity contribution >= 4 is 11.6 Å². The SMILES string of the molecule is Cc1ccncc1CNC(=O)c1cc(F)c(NN)c(F)c1. The fourth-order valence-corrected chi connectivity index (χ4v) is 1.80. The summed E-state index contributed by atoms with van der Waals surface area (Å²) in [6, 6.07) is 3.65. The average molecular weight is 292 g/mol. The molecule has 0 aliphatic rings. The average Bonchev–Trinajstić information content (AvgIpc) is 2.45. The van der Waals surface area contributed by atoms with Crippen LogP contribution in [-0.2, 0) is 6.54 Å². The monoisotopic (exact) mass is 292 g/mol. The van der Waals surface area contributed by atoms with Crippen LogP contribution in [0.5, 0.6) is 0 Å². The Morgan fingerprint density at radius 2 is 2.00 bits per heavy atom. The number of nitrogens with two attached hydrogens (primary N) is 1. The smallest absolute Gasteiger partial charge is 0.251 e. The number of rotatable bonds is 4. The number of halogens is 2. The molecule has 4 N–H and O–H groups in total. The van der Waals surface area contributed by atoms with Gasteiger partial charge in [0.1, 0.15) is 5.69 Å². The van der Waals surface area contributed by atoms with Gasteiger partial charge in [-0.1, -0.05) is 0 Å². The van der Waals surface area contributed by atoms with Gasteiger partial charge in [-0.05, 0) is 36.2 Å². The van der Waals surface area contributed by atoms with Crippen LogP contribution in [0.2, 0.25) is 0 Å². The zero-order valence-electron chi connectivity index (χ0n) is 11.3. The van der Waals surface area contributed by atoms with Crippen molar-refractivity contribution in [3.8, 4) is 0 Å². The minimum absolute atomic E-state index is 0.120. The van der Waals surface area contributed by atoms with E-state index in [4.69, 9.17) is 5.84 Å². The van der Waals surface area contributed by atoms with Crippen LogP contribution in [0.25, 0.3) is 0 Å². The lowest BCUT2D eigenvalue weighted by molar-refractivity contribution is 0.0950. The summed E-state index contributed by atoms with van der Waals surface area (Å²) in [6.45, 7) is 2.10. The van der Waals surface area contributed by atoms with Crippen LogP contribution in [0.3, 0.4) is 0 Å². The number of hydrazine groups is 1. The van der Waals surface area contributed by atoms with Crippen molar-refractivity contribution in [2.45, 2.75) is 13.5 Å². The number of nitrogens with one attached hydrogen (secondary N) is 2. The van der Waals surface area contributed by atoms with Crippen LogP contribution >= 0.6 is 0 Å². The minimum Gasteiger partial charge on any atom is -0.348 e. The van der Waals surface area contributed by atoms with E-state index in [-0.39, 0.29) is 12.1 Å². The van der Waals surface area contributed by atoms with E-state index in [1.165, 1.54) is 0 Å². The number of carbonyl (C=O) groups is 1. The molecule has 1 amide bonds. The van der Waals surface area contributed by atoms with Gasteiger partial charge in [0.05, 0.1) is 0 Å². The lowest BCUT2D eigenvalue weighted by Crippen LogP contribution is -2.24. The number of hydrogen-bond acceptors (Lipinski definition) is 4. The van der Waals surface area contributed by atoms with Gasteiger partial charge in [0, 0.05) is 24.5 Å².